The van der Waals surface area contributed by atoms with Gasteiger partial charge in [-0.25, -0.2) is 4.39 Å². The molecule has 0 amide bonds. The van der Waals surface area contributed by atoms with Crippen LogP contribution in [0.1, 0.15) is 5.56 Å². The molecule has 0 aliphatic carbocycles. The molecule has 0 aromatic heterocycles. The van der Waals surface area contributed by atoms with Gasteiger partial charge in [-0.05, 0) is 6.07 Å². The number of alkyl halides is 3. The maximum absolute atomic E-state index is 13.9. The Morgan fingerprint density at radius 3 is 2.68 bits per heavy atom. The minimum atomic E-state index is -4.49. The summed E-state index contributed by atoms with van der Waals surface area (Å²) in [6, 6.07) is 5.72. The summed E-state index contributed by atoms with van der Waals surface area (Å²) >= 11 is 0. The van der Waals surface area contributed by atoms with Gasteiger partial charge in [0.1, 0.15) is 11.4 Å². The number of nitrogens with one attached hydrogen (secondary N) is 1. The second-order valence-electron chi connectivity index (χ2n) is 4.74. The zero-order valence-electron chi connectivity index (χ0n) is 9.71. The number of hydroxylamine groups is 1. The van der Waals surface area contributed by atoms with Gasteiger partial charge in [0.05, 0.1) is 13.2 Å². The molecule has 3 rings (SSSR count). The smallest absolute Gasteiger partial charge is 0.366 e. The summed E-state index contributed by atoms with van der Waals surface area (Å²) in [5.74, 6) is -1.57. The Balaban J connectivity index is 2.03. The van der Waals surface area contributed by atoms with Gasteiger partial charge in [0, 0.05) is 11.5 Å². The largest absolute Gasteiger partial charge is 0.415 e. The maximum atomic E-state index is 13.9. The summed E-state index contributed by atoms with van der Waals surface area (Å²) in [6.45, 7) is -0.443. The molecular weight excluding hydrogens is 266 g/mol. The first-order chi connectivity index (χ1) is 8.95. The quantitative estimate of drug-likeness (QED) is 0.798. The molecule has 19 heavy (non-hydrogen) atoms. The molecule has 3 atom stereocenters. The summed E-state index contributed by atoms with van der Waals surface area (Å²) in [7, 11) is 0. The Labute approximate surface area is 106 Å². The van der Waals surface area contributed by atoms with Crippen LogP contribution in [-0.2, 0) is 15.1 Å². The van der Waals surface area contributed by atoms with Crippen LogP contribution in [0.3, 0.4) is 0 Å². The van der Waals surface area contributed by atoms with E-state index in [0.717, 1.165) is 0 Å². The summed E-state index contributed by atoms with van der Waals surface area (Å²) in [6.07, 6.45) is -6.44. The van der Waals surface area contributed by atoms with E-state index in [9.17, 15) is 17.6 Å². The molecule has 0 spiro atoms. The molecule has 2 aliphatic heterocycles. The van der Waals surface area contributed by atoms with E-state index in [1.807, 2.05) is 0 Å². The van der Waals surface area contributed by atoms with Crippen LogP contribution in [-0.4, -0.2) is 25.5 Å². The van der Waals surface area contributed by atoms with Gasteiger partial charge < -0.3 is 9.57 Å². The predicted octanol–water partition coefficient (Wildman–Crippen LogP) is 2.13. The number of halogens is 4. The molecule has 2 aliphatic rings. The second kappa shape index (κ2) is 4.16. The fourth-order valence-electron chi connectivity index (χ4n) is 2.78. The van der Waals surface area contributed by atoms with E-state index in [2.05, 4.69) is 5.48 Å². The number of rotatable bonds is 1. The third-order valence-electron chi connectivity index (χ3n) is 3.68. The number of ether oxygens (including phenoxy) is 1. The third-order valence-corrected chi connectivity index (χ3v) is 3.68. The van der Waals surface area contributed by atoms with Crippen LogP contribution in [0.4, 0.5) is 17.6 Å². The molecule has 7 heteroatoms. The summed E-state index contributed by atoms with van der Waals surface area (Å²) in [4.78, 5) is 4.95. The molecule has 104 valence electrons. The van der Waals surface area contributed by atoms with E-state index < -0.39 is 29.6 Å². The minimum Gasteiger partial charge on any atom is -0.366 e. The first-order valence-electron chi connectivity index (χ1n) is 5.77. The molecule has 0 unspecified atom stereocenters. The van der Waals surface area contributed by atoms with Crippen molar-refractivity contribution in [2.24, 2.45) is 5.92 Å². The van der Waals surface area contributed by atoms with Gasteiger partial charge in [0.15, 0.2) is 6.10 Å². The van der Waals surface area contributed by atoms with Crippen molar-refractivity contribution in [1.82, 2.24) is 5.48 Å². The zero-order chi connectivity index (χ0) is 13.7. The first-order valence-corrected chi connectivity index (χ1v) is 5.77. The molecule has 0 radical (unpaired) electrons. The fraction of sp³-hybridized carbons (Fsp3) is 0.500. The van der Waals surface area contributed by atoms with Crippen molar-refractivity contribution in [3.63, 3.8) is 0 Å². The second-order valence-corrected chi connectivity index (χ2v) is 4.74. The molecule has 2 fully saturated rings. The minimum absolute atomic E-state index is 0.143. The Kier molecular flexibility index (Phi) is 2.81. The molecule has 0 saturated carbocycles. The number of hydrogen-bond acceptors (Lipinski definition) is 3. The molecule has 2 saturated heterocycles. The first kappa shape index (κ1) is 12.8. The molecule has 1 aromatic carbocycles. The molecule has 2 heterocycles. The van der Waals surface area contributed by atoms with Crippen molar-refractivity contribution in [3.8, 4) is 0 Å². The van der Waals surface area contributed by atoms with Gasteiger partial charge in [-0.3, -0.25) is 0 Å². The number of benzene rings is 1. The molecular formula is C12H11F4NO2. The van der Waals surface area contributed by atoms with Gasteiger partial charge in [-0.2, -0.15) is 18.7 Å². The van der Waals surface area contributed by atoms with Gasteiger partial charge in [0.25, 0.3) is 0 Å². The lowest BCUT2D eigenvalue weighted by molar-refractivity contribution is -0.219. The van der Waals surface area contributed by atoms with E-state index in [1.54, 1.807) is 6.07 Å². The average molecular weight is 277 g/mol. The lowest BCUT2D eigenvalue weighted by Crippen LogP contribution is -2.45. The molecule has 3 nitrogen and oxygen atoms in total. The third kappa shape index (κ3) is 1.84. The lowest BCUT2D eigenvalue weighted by Gasteiger charge is -2.28. The molecule has 0 bridgehead atoms. The van der Waals surface area contributed by atoms with E-state index in [-0.39, 0.29) is 18.8 Å². The van der Waals surface area contributed by atoms with Gasteiger partial charge >= 0.3 is 6.18 Å². The Morgan fingerprint density at radius 2 is 2.00 bits per heavy atom. The van der Waals surface area contributed by atoms with Crippen LogP contribution in [0.15, 0.2) is 24.3 Å². The standard InChI is InChI=1S/C12H11F4NO2/c13-9-4-2-1-3-7(9)11-6-18-10(12(14,15)16)8(11)5-19-17-11/h1-4,8,10,17H,5-6H2/t8-,10+,11-/m1/s1. The van der Waals surface area contributed by atoms with Crippen molar-refractivity contribution in [2.45, 2.75) is 17.8 Å². The monoisotopic (exact) mass is 277 g/mol. The van der Waals surface area contributed by atoms with Gasteiger partial charge in [-0.1, -0.05) is 18.2 Å². The van der Waals surface area contributed by atoms with Gasteiger partial charge in [0.2, 0.25) is 0 Å². The Morgan fingerprint density at radius 1 is 1.26 bits per heavy atom. The van der Waals surface area contributed by atoms with Crippen molar-refractivity contribution in [1.29, 1.82) is 0 Å². The van der Waals surface area contributed by atoms with Crippen LogP contribution in [0.2, 0.25) is 0 Å². The van der Waals surface area contributed by atoms with E-state index >= 15 is 0 Å². The lowest BCUT2D eigenvalue weighted by atomic mass is 9.79. The van der Waals surface area contributed by atoms with Crippen molar-refractivity contribution in [2.75, 3.05) is 13.2 Å². The van der Waals surface area contributed by atoms with Crippen molar-refractivity contribution >= 4 is 0 Å². The summed E-state index contributed by atoms with van der Waals surface area (Å²) < 4.78 is 57.4. The Hall–Kier alpha value is -1.18. The highest BCUT2D eigenvalue weighted by molar-refractivity contribution is 5.30. The van der Waals surface area contributed by atoms with Crippen molar-refractivity contribution in [3.05, 3.63) is 35.6 Å². The topological polar surface area (TPSA) is 30.5 Å². The van der Waals surface area contributed by atoms with Crippen LogP contribution < -0.4 is 5.48 Å². The fourth-order valence-corrected chi connectivity index (χ4v) is 2.78. The van der Waals surface area contributed by atoms with E-state index in [1.165, 1.54) is 18.2 Å². The zero-order valence-corrected chi connectivity index (χ0v) is 9.71. The summed E-state index contributed by atoms with van der Waals surface area (Å²) in [5, 5.41) is 0. The number of fused-ring (bicyclic) bond motifs is 1. The highest BCUT2D eigenvalue weighted by atomic mass is 19.4. The van der Waals surface area contributed by atoms with Crippen LogP contribution in [0.5, 0.6) is 0 Å². The number of hydrogen-bond donors (Lipinski definition) is 1. The maximum Gasteiger partial charge on any atom is 0.415 e. The highest BCUT2D eigenvalue weighted by Crippen LogP contribution is 2.48. The van der Waals surface area contributed by atoms with Crippen LogP contribution in [0, 0.1) is 11.7 Å². The average Bonchev–Trinajstić information content (AvgIpc) is 2.86. The Bertz CT molecular complexity index is 493. The summed E-state index contributed by atoms with van der Waals surface area (Å²) in [5.41, 5.74) is 1.40. The van der Waals surface area contributed by atoms with Crippen LogP contribution >= 0.6 is 0 Å². The van der Waals surface area contributed by atoms with E-state index in [4.69, 9.17) is 9.57 Å². The van der Waals surface area contributed by atoms with Crippen LogP contribution in [0.25, 0.3) is 0 Å². The highest BCUT2D eigenvalue weighted by Gasteiger charge is 2.63. The SMILES string of the molecule is Fc1ccccc1[C@]12CO[C@H](C(F)(F)F)[C@H]1CON2. The van der Waals surface area contributed by atoms with Gasteiger partial charge in [-0.15, -0.1) is 0 Å². The normalized spacial score (nSPS) is 34.5. The molecule has 1 N–H and O–H groups in total. The van der Waals surface area contributed by atoms with E-state index in [0.29, 0.717) is 0 Å². The van der Waals surface area contributed by atoms with Crippen molar-refractivity contribution < 1.29 is 27.1 Å². The molecule has 1 aromatic rings. The predicted molar refractivity (Wildman–Crippen MR) is 56.5 cm³/mol.